The minimum atomic E-state index is -0.611. The average molecular weight is 342 g/mol. The zero-order valence-electron chi connectivity index (χ0n) is 14.3. The number of rotatable bonds is 1. The number of hydrogen-bond acceptors (Lipinski definition) is 5. The number of benzene rings is 1. The Morgan fingerprint density at radius 3 is 2.68 bits per heavy atom. The van der Waals surface area contributed by atoms with Crippen LogP contribution in [0.15, 0.2) is 45.9 Å². The average Bonchev–Trinajstić information content (AvgIpc) is 2.93. The molecule has 0 aromatic heterocycles. The molecule has 1 aromatic rings. The maximum Gasteiger partial charge on any atom is 0.258 e. The van der Waals surface area contributed by atoms with Crippen LogP contribution in [0.25, 0.3) is 0 Å². The van der Waals surface area contributed by atoms with Crippen LogP contribution in [0, 0.1) is 11.2 Å². The van der Waals surface area contributed by atoms with Gasteiger partial charge >= 0.3 is 0 Å². The van der Waals surface area contributed by atoms with Crippen LogP contribution >= 0.6 is 0 Å². The predicted octanol–water partition coefficient (Wildman–Crippen LogP) is 2.58. The van der Waals surface area contributed by atoms with E-state index in [1.807, 2.05) is 20.8 Å². The van der Waals surface area contributed by atoms with Crippen molar-refractivity contribution < 1.29 is 14.3 Å². The van der Waals surface area contributed by atoms with E-state index in [1.54, 1.807) is 0 Å². The molecule has 130 valence electrons. The van der Waals surface area contributed by atoms with Crippen LogP contribution in [0.1, 0.15) is 31.1 Å². The molecule has 1 fully saturated rings. The van der Waals surface area contributed by atoms with Crippen LogP contribution in [-0.4, -0.2) is 40.4 Å². The van der Waals surface area contributed by atoms with Crippen LogP contribution in [0.2, 0.25) is 0 Å². The summed E-state index contributed by atoms with van der Waals surface area (Å²) in [4.78, 5) is 18.5. The second-order valence-corrected chi connectivity index (χ2v) is 6.20. The first-order valence-electron chi connectivity index (χ1n) is 7.87. The summed E-state index contributed by atoms with van der Waals surface area (Å²) in [5.41, 5.74) is 3.83. The van der Waals surface area contributed by atoms with Gasteiger partial charge in [-0.2, -0.15) is 0 Å². The normalized spacial score (nSPS) is 20.7. The molecular weight excluding hydrogens is 323 g/mol. The molecule has 0 spiro atoms. The summed E-state index contributed by atoms with van der Waals surface area (Å²) >= 11 is 0. The lowest BCUT2D eigenvalue weighted by molar-refractivity contribution is 0.0801. The molecule has 0 aliphatic carbocycles. The highest BCUT2D eigenvalue weighted by molar-refractivity contribution is 6.09. The van der Waals surface area contributed by atoms with Gasteiger partial charge < -0.3 is 20.7 Å². The number of nitrogens with zero attached hydrogens (tertiary/aromatic N) is 2. The quantitative estimate of drug-likeness (QED) is 0.733. The van der Waals surface area contributed by atoms with E-state index in [-0.39, 0.29) is 18.7 Å². The minimum absolute atomic E-state index is 0.0173. The number of halogens is 1. The van der Waals surface area contributed by atoms with Crippen LogP contribution < -0.4 is 5.32 Å². The fourth-order valence-electron chi connectivity index (χ4n) is 2.81. The van der Waals surface area contributed by atoms with Gasteiger partial charge in [0.05, 0.1) is 24.4 Å². The van der Waals surface area contributed by atoms with Crippen molar-refractivity contribution in [2.45, 2.75) is 20.8 Å². The highest BCUT2D eigenvalue weighted by atomic mass is 19.1. The van der Waals surface area contributed by atoms with E-state index < -0.39 is 17.5 Å². The number of amides is 1. The molecule has 2 heterocycles. The van der Waals surface area contributed by atoms with Crippen LogP contribution in [-0.2, 0) is 0 Å². The number of phenols is 1. The second kappa shape index (κ2) is 6.16. The third-order valence-electron chi connectivity index (χ3n) is 4.52. The third kappa shape index (κ3) is 3.05. The molecule has 0 bridgehead atoms. The topological polar surface area (TPSA) is 88.8 Å². The Balaban J connectivity index is 1.88. The molecular formula is C18H19FN4O2. The SMILES string of the molecule is CC1=N/C(=C2\CN(C(=O)c3ccc(F)cc3O)CC2=N)NC(C)=C1C. The molecule has 1 aromatic carbocycles. The number of aliphatic imine (C=N–C) groups is 1. The van der Waals surface area contributed by atoms with Crippen LogP contribution in [0.3, 0.4) is 0 Å². The van der Waals surface area contributed by atoms with Gasteiger partial charge in [-0.3, -0.25) is 4.79 Å². The molecule has 0 atom stereocenters. The smallest absolute Gasteiger partial charge is 0.258 e. The number of phenolic OH excluding ortho intramolecular Hbond substituents is 1. The summed E-state index contributed by atoms with van der Waals surface area (Å²) in [5.74, 6) is -0.890. The second-order valence-electron chi connectivity index (χ2n) is 6.20. The number of carbonyl (C=O) groups is 1. The standard InChI is InChI=1S/C18H19FN4O2/c1-9-10(2)21-17(22-11(9)3)14-7-23(8-15(14)20)18(25)13-5-4-12(19)6-16(13)24/h4-6,20-21,24H,7-8H2,1-3H3/b17-14+,20-15?. The Morgan fingerprint density at radius 1 is 1.32 bits per heavy atom. The van der Waals surface area contributed by atoms with E-state index in [2.05, 4.69) is 10.3 Å². The number of nitrogens with one attached hydrogen (secondary N) is 2. The first-order chi connectivity index (χ1) is 11.8. The third-order valence-corrected chi connectivity index (χ3v) is 4.52. The van der Waals surface area contributed by atoms with Gasteiger partial charge in [0.15, 0.2) is 0 Å². The van der Waals surface area contributed by atoms with E-state index in [9.17, 15) is 14.3 Å². The summed E-state index contributed by atoms with van der Waals surface area (Å²) in [5, 5.41) is 21.2. The molecule has 0 saturated carbocycles. The van der Waals surface area contributed by atoms with Crippen molar-refractivity contribution >= 4 is 17.3 Å². The van der Waals surface area contributed by atoms with Crippen LogP contribution in [0.4, 0.5) is 4.39 Å². The van der Waals surface area contributed by atoms with Gasteiger partial charge in [-0.25, -0.2) is 9.38 Å². The molecule has 0 unspecified atom stereocenters. The van der Waals surface area contributed by atoms with E-state index in [4.69, 9.17) is 5.41 Å². The monoisotopic (exact) mass is 342 g/mol. The summed E-state index contributed by atoms with van der Waals surface area (Å²) in [6, 6.07) is 3.28. The van der Waals surface area contributed by atoms with Crippen molar-refractivity contribution in [2.24, 2.45) is 4.99 Å². The number of likely N-dealkylation sites (tertiary alicyclic amines) is 1. The van der Waals surface area contributed by atoms with Crippen molar-refractivity contribution in [3.05, 3.63) is 52.2 Å². The lowest BCUT2D eigenvalue weighted by Gasteiger charge is -2.20. The Kier molecular flexibility index (Phi) is 4.16. The minimum Gasteiger partial charge on any atom is -0.507 e. The van der Waals surface area contributed by atoms with Gasteiger partial charge in [-0.1, -0.05) is 0 Å². The van der Waals surface area contributed by atoms with Gasteiger partial charge in [0.1, 0.15) is 17.4 Å². The molecule has 3 rings (SSSR count). The van der Waals surface area contributed by atoms with Crippen molar-refractivity contribution in [1.82, 2.24) is 10.2 Å². The molecule has 0 radical (unpaired) electrons. The van der Waals surface area contributed by atoms with Gasteiger partial charge in [0.25, 0.3) is 5.91 Å². The Labute approximate surface area is 144 Å². The molecule has 1 saturated heterocycles. The van der Waals surface area contributed by atoms with Gasteiger partial charge in [0, 0.05) is 23.0 Å². The van der Waals surface area contributed by atoms with E-state index in [1.165, 1.54) is 11.0 Å². The summed E-state index contributed by atoms with van der Waals surface area (Å²) < 4.78 is 13.1. The van der Waals surface area contributed by atoms with Crippen molar-refractivity contribution in [1.29, 1.82) is 5.41 Å². The van der Waals surface area contributed by atoms with Gasteiger partial charge in [-0.15, -0.1) is 0 Å². The Hall–Kier alpha value is -2.96. The zero-order valence-corrected chi connectivity index (χ0v) is 14.3. The van der Waals surface area contributed by atoms with E-state index in [0.717, 1.165) is 29.1 Å². The zero-order chi connectivity index (χ0) is 18.3. The maximum atomic E-state index is 13.1. The van der Waals surface area contributed by atoms with Gasteiger partial charge in [0.2, 0.25) is 0 Å². The number of carbonyl (C=O) groups excluding carboxylic acids is 1. The summed E-state index contributed by atoms with van der Waals surface area (Å²) in [7, 11) is 0. The molecule has 1 amide bonds. The lowest BCUT2D eigenvalue weighted by atomic mass is 10.1. The lowest BCUT2D eigenvalue weighted by Crippen LogP contribution is -2.29. The Bertz CT molecular complexity index is 883. The van der Waals surface area contributed by atoms with Crippen molar-refractivity contribution in [3.63, 3.8) is 0 Å². The number of hydrogen-bond donors (Lipinski definition) is 3. The molecule has 3 N–H and O–H groups in total. The molecule has 25 heavy (non-hydrogen) atoms. The first-order valence-corrected chi connectivity index (χ1v) is 7.87. The molecule has 6 nitrogen and oxygen atoms in total. The Morgan fingerprint density at radius 2 is 2.04 bits per heavy atom. The molecule has 2 aliphatic heterocycles. The van der Waals surface area contributed by atoms with Crippen molar-refractivity contribution in [2.75, 3.05) is 13.1 Å². The first kappa shape index (κ1) is 16.9. The van der Waals surface area contributed by atoms with E-state index in [0.29, 0.717) is 17.1 Å². The van der Waals surface area contributed by atoms with E-state index >= 15 is 0 Å². The highest BCUT2D eigenvalue weighted by Crippen LogP contribution is 2.25. The van der Waals surface area contributed by atoms with Crippen molar-refractivity contribution in [3.8, 4) is 5.75 Å². The highest BCUT2D eigenvalue weighted by Gasteiger charge is 2.31. The summed E-state index contributed by atoms with van der Waals surface area (Å²) in [6.07, 6.45) is 0. The molecule has 2 aliphatic rings. The molecule has 7 heteroatoms. The fourth-order valence-corrected chi connectivity index (χ4v) is 2.81. The number of aromatic hydroxyl groups is 1. The maximum absolute atomic E-state index is 13.1. The predicted molar refractivity (Wildman–Crippen MR) is 93.3 cm³/mol. The summed E-state index contributed by atoms with van der Waals surface area (Å²) in [6.45, 7) is 6.13. The number of allylic oxidation sites excluding steroid dienone is 2. The fraction of sp³-hybridized carbons (Fsp3) is 0.278. The van der Waals surface area contributed by atoms with Gasteiger partial charge in [-0.05, 0) is 38.5 Å². The largest absolute Gasteiger partial charge is 0.507 e. The van der Waals surface area contributed by atoms with Crippen LogP contribution in [0.5, 0.6) is 5.75 Å².